The quantitative estimate of drug-likeness (QED) is 0.797. The third-order valence-corrected chi connectivity index (χ3v) is 4.63. The van der Waals surface area contributed by atoms with Gasteiger partial charge in [0.05, 0.1) is 6.10 Å². The van der Waals surface area contributed by atoms with Gasteiger partial charge in [0, 0.05) is 16.0 Å². The molecule has 0 aliphatic rings. The molecule has 112 valence electrons. The van der Waals surface area contributed by atoms with Gasteiger partial charge in [-0.25, -0.2) is 4.39 Å². The molecule has 2 aromatic carbocycles. The fourth-order valence-electron chi connectivity index (χ4n) is 2.99. The third-order valence-electron chi connectivity index (χ3n) is 4.39. The summed E-state index contributed by atoms with van der Waals surface area (Å²) in [4.78, 5) is 0. The van der Waals surface area contributed by atoms with Crippen LogP contribution in [-0.2, 0) is 5.41 Å². The monoisotopic (exact) mass is 306 g/mol. The maximum absolute atomic E-state index is 14.2. The molecular weight excluding hydrogens is 287 g/mol. The second-order valence-corrected chi connectivity index (χ2v) is 5.73. The van der Waals surface area contributed by atoms with Crippen LogP contribution in [0.3, 0.4) is 0 Å². The molecule has 0 heterocycles. The smallest absolute Gasteiger partial charge is 0.130 e. The summed E-state index contributed by atoms with van der Waals surface area (Å²) >= 11 is 5.80. The van der Waals surface area contributed by atoms with Crippen LogP contribution in [0.1, 0.15) is 43.9 Å². The minimum Gasteiger partial charge on any atom is -0.387 e. The van der Waals surface area contributed by atoms with Gasteiger partial charge in [-0.3, -0.25) is 0 Å². The molecule has 0 fully saturated rings. The van der Waals surface area contributed by atoms with Gasteiger partial charge in [-0.05, 0) is 30.5 Å². The fourth-order valence-corrected chi connectivity index (χ4v) is 3.15. The molecule has 0 saturated heterocycles. The summed E-state index contributed by atoms with van der Waals surface area (Å²) in [7, 11) is 0. The van der Waals surface area contributed by atoms with Gasteiger partial charge < -0.3 is 5.11 Å². The highest BCUT2D eigenvalue weighted by atomic mass is 35.5. The number of rotatable bonds is 5. The molecule has 1 atom stereocenters. The van der Waals surface area contributed by atoms with Crippen molar-refractivity contribution in [1.29, 1.82) is 0 Å². The number of halogens is 2. The normalized spacial score (nSPS) is 13.2. The molecule has 1 unspecified atom stereocenters. The Morgan fingerprint density at radius 2 is 1.71 bits per heavy atom. The lowest BCUT2D eigenvalue weighted by Gasteiger charge is -2.37. The Hall–Kier alpha value is -1.38. The molecule has 2 aromatic rings. The predicted molar refractivity (Wildman–Crippen MR) is 85.1 cm³/mol. The Bertz CT molecular complexity index is 593. The molecule has 0 aromatic heterocycles. The van der Waals surface area contributed by atoms with Crippen molar-refractivity contribution in [3.05, 3.63) is 70.5 Å². The molecule has 0 aliphatic heterocycles. The van der Waals surface area contributed by atoms with E-state index in [-0.39, 0.29) is 0 Å². The van der Waals surface area contributed by atoms with Gasteiger partial charge in [0.15, 0.2) is 0 Å². The van der Waals surface area contributed by atoms with Crippen LogP contribution in [0.25, 0.3) is 0 Å². The first-order valence-corrected chi connectivity index (χ1v) is 7.61. The molecule has 0 bridgehead atoms. The number of aliphatic hydroxyl groups excluding tert-OH is 1. The van der Waals surface area contributed by atoms with Crippen molar-refractivity contribution < 1.29 is 9.50 Å². The van der Waals surface area contributed by atoms with Gasteiger partial charge in [0.25, 0.3) is 0 Å². The highest BCUT2D eigenvalue weighted by molar-refractivity contribution is 6.30. The van der Waals surface area contributed by atoms with Crippen molar-refractivity contribution in [3.63, 3.8) is 0 Å². The van der Waals surface area contributed by atoms with Gasteiger partial charge in [-0.2, -0.15) is 0 Å². The topological polar surface area (TPSA) is 20.2 Å². The van der Waals surface area contributed by atoms with Crippen molar-refractivity contribution in [2.24, 2.45) is 0 Å². The summed E-state index contributed by atoms with van der Waals surface area (Å²) in [5.74, 6) is -0.461. The number of hydrogen-bond acceptors (Lipinski definition) is 1. The molecule has 1 N–H and O–H groups in total. The summed E-state index contributed by atoms with van der Waals surface area (Å²) in [5.41, 5.74) is 0.819. The average Bonchev–Trinajstić information content (AvgIpc) is 2.50. The van der Waals surface area contributed by atoms with Gasteiger partial charge >= 0.3 is 0 Å². The van der Waals surface area contributed by atoms with Gasteiger partial charge in [0.1, 0.15) is 5.82 Å². The first-order valence-electron chi connectivity index (χ1n) is 7.23. The van der Waals surface area contributed by atoms with Gasteiger partial charge in [-0.1, -0.05) is 61.8 Å². The van der Waals surface area contributed by atoms with Crippen molar-refractivity contribution >= 4 is 11.6 Å². The Kier molecular flexibility index (Phi) is 5.02. The van der Waals surface area contributed by atoms with Crippen LogP contribution in [0.15, 0.2) is 48.5 Å². The van der Waals surface area contributed by atoms with Crippen molar-refractivity contribution in [2.45, 2.75) is 38.2 Å². The summed E-state index contributed by atoms with van der Waals surface area (Å²) in [6.45, 7) is 4.04. The van der Waals surface area contributed by atoms with E-state index in [2.05, 4.69) is 0 Å². The van der Waals surface area contributed by atoms with Crippen molar-refractivity contribution in [3.8, 4) is 0 Å². The Balaban J connectivity index is 2.52. The van der Waals surface area contributed by atoms with E-state index in [1.54, 1.807) is 12.1 Å². The van der Waals surface area contributed by atoms with E-state index in [4.69, 9.17) is 11.6 Å². The highest BCUT2D eigenvalue weighted by Gasteiger charge is 2.38. The minimum absolute atomic E-state index is 0.298. The Morgan fingerprint density at radius 1 is 1.10 bits per heavy atom. The molecule has 1 nitrogen and oxygen atoms in total. The van der Waals surface area contributed by atoms with E-state index in [1.165, 1.54) is 6.07 Å². The lowest BCUT2D eigenvalue weighted by Crippen LogP contribution is -2.33. The molecule has 2 rings (SSSR count). The van der Waals surface area contributed by atoms with E-state index in [1.807, 2.05) is 44.2 Å². The molecule has 0 radical (unpaired) electrons. The van der Waals surface area contributed by atoms with E-state index < -0.39 is 17.3 Å². The standard InChI is InChI=1S/C18H20ClFO/c1-3-18(4-2,13-8-6-5-7-9-13)17(21)15-11-10-14(19)12-16(15)20/h5-12,17,21H,3-4H2,1-2H3. The van der Waals surface area contributed by atoms with Crippen LogP contribution in [0.2, 0.25) is 5.02 Å². The van der Waals surface area contributed by atoms with Crippen LogP contribution in [0, 0.1) is 5.82 Å². The molecule has 0 amide bonds. The van der Waals surface area contributed by atoms with E-state index in [0.29, 0.717) is 10.6 Å². The maximum Gasteiger partial charge on any atom is 0.130 e. The molecule has 3 heteroatoms. The fraction of sp³-hybridized carbons (Fsp3) is 0.333. The second-order valence-electron chi connectivity index (χ2n) is 5.30. The van der Waals surface area contributed by atoms with Gasteiger partial charge in [-0.15, -0.1) is 0 Å². The lowest BCUT2D eigenvalue weighted by molar-refractivity contribution is 0.0695. The van der Waals surface area contributed by atoms with E-state index >= 15 is 0 Å². The molecule has 0 saturated carbocycles. The lowest BCUT2D eigenvalue weighted by atomic mass is 9.69. The average molecular weight is 307 g/mol. The zero-order chi connectivity index (χ0) is 15.5. The molecular formula is C18H20ClFO. The van der Waals surface area contributed by atoms with Crippen LogP contribution in [-0.4, -0.2) is 5.11 Å². The molecule has 0 aliphatic carbocycles. The van der Waals surface area contributed by atoms with Crippen molar-refractivity contribution in [1.82, 2.24) is 0 Å². The summed E-state index contributed by atoms with van der Waals surface area (Å²) in [6, 6.07) is 14.3. The zero-order valence-corrected chi connectivity index (χ0v) is 13.1. The van der Waals surface area contributed by atoms with Crippen LogP contribution >= 0.6 is 11.6 Å². The first kappa shape index (κ1) is 16.0. The summed E-state index contributed by atoms with van der Waals surface area (Å²) in [6.07, 6.45) is 0.528. The SMILES string of the molecule is CCC(CC)(c1ccccc1)C(O)c1ccc(Cl)cc1F. The maximum atomic E-state index is 14.2. The summed E-state index contributed by atoms with van der Waals surface area (Å²) in [5, 5.41) is 11.2. The van der Waals surface area contributed by atoms with E-state index in [0.717, 1.165) is 18.4 Å². The van der Waals surface area contributed by atoms with Crippen LogP contribution < -0.4 is 0 Å². The van der Waals surface area contributed by atoms with Gasteiger partial charge in [0.2, 0.25) is 0 Å². The predicted octanol–water partition coefficient (Wildman–Crippen LogP) is 5.27. The summed E-state index contributed by atoms with van der Waals surface area (Å²) < 4.78 is 14.2. The number of hydrogen-bond donors (Lipinski definition) is 1. The second kappa shape index (κ2) is 6.59. The third kappa shape index (κ3) is 2.97. The van der Waals surface area contributed by atoms with Crippen molar-refractivity contribution in [2.75, 3.05) is 0 Å². The van der Waals surface area contributed by atoms with Crippen LogP contribution in [0.5, 0.6) is 0 Å². The highest BCUT2D eigenvalue weighted by Crippen LogP contribution is 2.43. The molecule has 0 spiro atoms. The zero-order valence-electron chi connectivity index (χ0n) is 12.3. The first-order chi connectivity index (χ1) is 10.0. The largest absolute Gasteiger partial charge is 0.387 e. The number of aliphatic hydroxyl groups is 1. The Labute approximate surface area is 130 Å². The van der Waals surface area contributed by atoms with E-state index in [9.17, 15) is 9.50 Å². The number of benzene rings is 2. The Morgan fingerprint density at radius 3 is 2.24 bits per heavy atom. The molecule has 21 heavy (non-hydrogen) atoms. The van der Waals surface area contributed by atoms with Crippen LogP contribution in [0.4, 0.5) is 4.39 Å². The minimum atomic E-state index is -0.910.